The summed E-state index contributed by atoms with van der Waals surface area (Å²) in [6.07, 6.45) is 4.74. The third-order valence-corrected chi connectivity index (χ3v) is 8.04. The van der Waals surface area contributed by atoms with Crippen molar-refractivity contribution in [1.29, 1.82) is 0 Å². The van der Waals surface area contributed by atoms with Crippen molar-refractivity contribution in [1.82, 2.24) is 14.8 Å². The fourth-order valence-corrected chi connectivity index (χ4v) is 6.33. The normalized spacial score (nSPS) is 21.0. The molecule has 0 saturated carbocycles. The predicted octanol–water partition coefficient (Wildman–Crippen LogP) is 2.85. The molecule has 0 unspecified atom stereocenters. The van der Waals surface area contributed by atoms with Gasteiger partial charge in [0.1, 0.15) is 11.4 Å². The molecule has 0 atom stereocenters. The van der Waals surface area contributed by atoms with Gasteiger partial charge < -0.3 is 9.42 Å². The lowest BCUT2D eigenvalue weighted by Gasteiger charge is -2.39. The second kappa shape index (κ2) is 8.51. The van der Waals surface area contributed by atoms with E-state index in [-0.39, 0.29) is 5.75 Å². The van der Waals surface area contributed by atoms with Crippen LogP contribution >= 0.6 is 11.8 Å². The number of para-hydroxylation sites is 1. The SMILES string of the molecule is O=S(=O)(Cc1noc2ccccc12)NCC1CCN(C2CCSCC2)CC1. The van der Waals surface area contributed by atoms with Gasteiger partial charge in [-0.2, -0.15) is 11.8 Å². The van der Waals surface area contributed by atoms with E-state index < -0.39 is 10.0 Å². The zero-order valence-electron chi connectivity index (χ0n) is 15.5. The first kappa shape index (κ1) is 19.2. The number of rotatable bonds is 6. The summed E-state index contributed by atoms with van der Waals surface area (Å²) in [4.78, 5) is 2.62. The van der Waals surface area contributed by atoms with E-state index in [1.54, 1.807) is 6.07 Å². The smallest absolute Gasteiger partial charge is 0.217 e. The summed E-state index contributed by atoms with van der Waals surface area (Å²) in [6, 6.07) is 8.09. The first-order valence-electron chi connectivity index (χ1n) is 9.73. The van der Waals surface area contributed by atoms with Crippen molar-refractivity contribution < 1.29 is 12.9 Å². The summed E-state index contributed by atoms with van der Waals surface area (Å²) >= 11 is 2.06. The molecule has 4 rings (SSSR count). The van der Waals surface area contributed by atoms with E-state index in [1.165, 1.54) is 24.3 Å². The van der Waals surface area contributed by atoms with Crippen LogP contribution in [-0.4, -0.2) is 55.7 Å². The maximum absolute atomic E-state index is 12.5. The van der Waals surface area contributed by atoms with Crippen molar-refractivity contribution in [2.75, 3.05) is 31.1 Å². The number of hydrogen-bond acceptors (Lipinski definition) is 6. The molecule has 0 aliphatic carbocycles. The lowest BCUT2D eigenvalue weighted by molar-refractivity contribution is 0.127. The minimum Gasteiger partial charge on any atom is -0.356 e. The van der Waals surface area contributed by atoms with Gasteiger partial charge in [0.15, 0.2) is 5.58 Å². The average Bonchev–Trinajstić information content (AvgIpc) is 3.10. The molecule has 0 radical (unpaired) electrons. The van der Waals surface area contributed by atoms with Crippen molar-refractivity contribution >= 4 is 32.8 Å². The second-order valence-electron chi connectivity index (χ2n) is 7.56. The Morgan fingerprint density at radius 2 is 1.89 bits per heavy atom. The molecule has 1 aromatic carbocycles. The van der Waals surface area contributed by atoms with E-state index in [4.69, 9.17) is 4.52 Å². The highest BCUT2D eigenvalue weighted by atomic mass is 32.2. The molecule has 6 nitrogen and oxygen atoms in total. The number of sulfonamides is 1. The first-order chi connectivity index (χ1) is 13.1. The zero-order chi connectivity index (χ0) is 18.7. The number of nitrogens with one attached hydrogen (secondary N) is 1. The third kappa shape index (κ3) is 4.85. The second-order valence-corrected chi connectivity index (χ2v) is 10.6. The van der Waals surface area contributed by atoms with Gasteiger partial charge in [0.2, 0.25) is 10.0 Å². The van der Waals surface area contributed by atoms with Crippen LogP contribution in [0.15, 0.2) is 28.8 Å². The summed E-state index contributed by atoms with van der Waals surface area (Å²) in [5.74, 6) is 2.84. The predicted molar refractivity (Wildman–Crippen MR) is 109 cm³/mol. The maximum atomic E-state index is 12.5. The molecule has 2 aliphatic heterocycles. The van der Waals surface area contributed by atoms with Crippen LogP contribution in [-0.2, 0) is 15.8 Å². The molecule has 3 heterocycles. The fraction of sp³-hybridized carbons (Fsp3) is 0.632. The van der Waals surface area contributed by atoms with Crippen LogP contribution in [0.3, 0.4) is 0 Å². The molecule has 2 aliphatic rings. The van der Waals surface area contributed by atoms with E-state index in [2.05, 4.69) is 26.5 Å². The van der Waals surface area contributed by atoms with Crippen molar-refractivity contribution in [2.45, 2.75) is 37.5 Å². The first-order valence-corrected chi connectivity index (χ1v) is 12.5. The van der Waals surface area contributed by atoms with Gasteiger partial charge >= 0.3 is 0 Å². The van der Waals surface area contributed by atoms with Crippen molar-refractivity contribution in [3.8, 4) is 0 Å². The molecule has 2 fully saturated rings. The lowest BCUT2D eigenvalue weighted by Crippen LogP contribution is -2.45. The van der Waals surface area contributed by atoms with E-state index >= 15 is 0 Å². The highest BCUT2D eigenvalue weighted by Crippen LogP contribution is 2.26. The molecule has 27 heavy (non-hydrogen) atoms. The van der Waals surface area contributed by atoms with Gasteiger partial charge in [-0.15, -0.1) is 0 Å². The van der Waals surface area contributed by atoms with Crippen LogP contribution in [0.2, 0.25) is 0 Å². The Morgan fingerprint density at radius 3 is 2.67 bits per heavy atom. The molecule has 2 saturated heterocycles. The van der Waals surface area contributed by atoms with E-state index in [9.17, 15) is 8.42 Å². The summed E-state index contributed by atoms with van der Waals surface area (Å²) in [7, 11) is -3.42. The number of aromatic nitrogens is 1. The Balaban J connectivity index is 1.27. The number of likely N-dealkylation sites (tertiary alicyclic amines) is 1. The molecule has 8 heteroatoms. The van der Waals surface area contributed by atoms with Crippen LogP contribution in [0.25, 0.3) is 11.0 Å². The highest BCUT2D eigenvalue weighted by Gasteiger charge is 2.27. The summed E-state index contributed by atoms with van der Waals surface area (Å²) in [6.45, 7) is 2.71. The van der Waals surface area contributed by atoms with Gasteiger partial charge in [-0.1, -0.05) is 17.3 Å². The lowest BCUT2D eigenvalue weighted by atomic mass is 9.95. The molecular formula is C19H27N3O3S2. The average molecular weight is 410 g/mol. The van der Waals surface area contributed by atoms with Gasteiger partial charge in [-0.3, -0.25) is 0 Å². The van der Waals surface area contributed by atoms with E-state index in [0.717, 1.165) is 37.4 Å². The summed E-state index contributed by atoms with van der Waals surface area (Å²) < 4.78 is 33.0. The van der Waals surface area contributed by atoms with E-state index in [1.807, 2.05) is 18.2 Å². The molecular weight excluding hydrogens is 382 g/mol. The van der Waals surface area contributed by atoms with Crippen LogP contribution in [0.5, 0.6) is 0 Å². The molecule has 0 amide bonds. The van der Waals surface area contributed by atoms with Gasteiger partial charge in [-0.25, -0.2) is 13.1 Å². The Kier molecular flexibility index (Phi) is 6.06. The van der Waals surface area contributed by atoms with Gasteiger partial charge in [0.25, 0.3) is 0 Å². The van der Waals surface area contributed by atoms with Gasteiger partial charge in [0, 0.05) is 18.0 Å². The van der Waals surface area contributed by atoms with Crippen LogP contribution in [0.4, 0.5) is 0 Å². The highest BCUT2D eigenvalue weighted by molar-refractivity contribution is 7.99. The number of nitrogens with zero attached hydrogens (tertiary/aromatic N) is 2. The topological polar surface area (TPSA) is 75.4 Å². The van der Waals surface area contributed by atoms with Crippen molar-refractivity contribution in [3.63, 3.8) is 0 Å². The van der Waals surface area contributed by atoms with Crippen LogP contribution in [0.1, 0.15) is 31.4 Å². The molecule has 0 bridgehead atoms. The minimum atomic E-state index is -3.42. The number of fused-ring (bicyclic) bond motifs is 1. The molecule has 0 spiro atoms. The van der Waals surface area contributed by atoms with Crippen molar-refractivity contribution in [3.05, 3.63) is 30.0 Å². The number of thioether (sulfide) groups is 1. The van der Waals surface area contributed by atoms with Gasteiger partial charge in [0.05, 0.1) is 0 Å². The molecule has 148 valence electrons. The zero-order valence-corrected chi connectivity index (χ0v) is 17.1. The summed E-state index contributed by atoms with van der Waals surface area (Å²) in [5, 5.41) is 4.70. The quantitative estimate of drug-likeness (QED) is 0.791. The van der Waals surface area contributed by atoms with Gasteiger partial charge in [-0.05, 0) is 68.3 Å². The van der Waals surface area contributed by atoms with Crippen LogP contribution in [0, 0.1) is 5.92 Å². The Morgan fingerprint density at radius 1 is 1.15 bits per heavy atom. The number of hydrogen-bond donors (Lipinski definition) is 1. The number of benzene rings is 1. The Labute approximate surface area is 165 Å². The standard InChI is InChI=1S/C19H27N3O3S2/c23-27(24,14-18-17-3-1-2-4-19(17)25-21-18)20-13-15-5-9-22(10-6-15)16-7-11-26-12-8-16/h1-4,15-16,20H,5-14H2. The van der Waals surface area contributed by atoms with E-state index in [0.29, 0.717) is 23.7 Å². The van der Waals surface area contributed by atoms with Crippen LogP contribution < -0.4 is 4.72 Å². The van der Waals surface area contributed by atoms with Crippen molar-refractivity contribution in [2.24, 2.45) is 5.92 Å². The Hall–Kier alpha value is -1.09. The minimum absolute atomic E-state index is 0.136. The molecule has 2 aromatic rings. The molecule has 1 N–H and O–H groups in total. The monoisotopic (exact) mass is 409 g/mol. The number of piperidine rings is 1. The Bertz CT molecular complexity index is 854. The summed E-state index contributed by atoms with van der Waals surface area (Å²) in [5.41, 5.74) is 1.10. The maximum Gasteiger partial charge on any atom is 0.217 e. The fourth-order valence-electron chi connectivity index (χ4n) is 4.09. The largest absolute Gasteiger partial charge is 0.356 e. The molecule has 1 aromatic heterocycles. The third-order valence-electron chi connectivity index (χ3n) is 5.73.